The van der Waals surface area contributed by atoms with E-state index in [9.17, 15) is 18.0 Å². The molecular weight excluding hydrogens is 266 g/mol. The summed E-state index contributed by atoms with van der Waals surface area (Å²) < 4.78 is 22.2. The molecule has 1 amide bonds. The van der Waals surface area contributed by atoms with Gasteiger partial charge in [-0.3, -0.25) is 9.59 Å². The van der Waals surface area contributed by atoms with E-state index in [0.29, 0.717) is 17.8 Å². The lowest BCUT2D eigenvalue weighted by molar-refractivity contribution is -0.118. The molecule has 0 bridgehead atoms. The number of carbonyl (C=O) groups excluding carboxylic acids is 2. The Labute approximate surface area is 112 Å². The maximum Gasteiger partial charge on any atom is 0.228 e. The van der Waals surface area contributed by atoms with Gasteiger partial charge in [0.25, 0.3) is 0 Å². The number of para-hydroxylation sites is 1. The lowest BCUT2D eigenvalue weighted by Gasteiger charge is -2.28. The maximum absolute atomic E-state index is 12.1. The molecule has 0 atom stereocenters. The molecule has 0 N–H and O–H groups in total. The van der Waals surface area contributed by atoms with Crippen LogP contribution in [-0.4, -0.2) is 38.7 Å². The highest BCUT2D eigenvalue weighted by Gasteiger charge is 2.26. The normalized spacial score (nSPS) is 15.2. The second-order valence-electron chi connectivity index (χ2n) is 4.62. The van der Waals surface area contributed by atoms with Gasteiger partial charge in [0.15, 0.2) is 5.78 Å². The lowest BCUT2D eigenvalue weighted by Crippen LogP contribution is -2.38. The Bertz CT molecular complexity index is 621. The Hall–Kier alpha value is -1.69. The van der Waals surface area contributed by atoms with Crippen LogP contribution in [0.1, 0.15) is 23.2 Å². The second-order valence-corrected chi connectivity index (χ2v) is 6.88. The molecule has 0 radical (unpaired) electrons. The Morgan fingerprint density at radius 2 is 2.00 bits per heavy atom. The van der Waals surface area contributed by atoms with Crippen molar-refractivity contribution >= 4 is 27.2 Å². The van der Waals surface area contributed by atoms with Gasteiger partial charge in [0.05, 0.1) is 11.4 Å². The van der Waals surface area contributed by atoms with Crippen LogP contribution in [0.25, 0.3) is 0 Å². The molecule has 1 aromatic carbocycles. The minimum atomic E-state index is -3.16. The fourth-order valence-electron chi connectivity index (χ4n) is 2.08. The molecular formula is C13H15NO4S. The number of Topliss-reactive ketones (excluding diaryl/α,β-unsaturated/α-hetero) is 1. The molecule has 0 aliphatic carbocycles. The first-order valence-electron chi connectivity index (χ1n) is 5.99. The van der Waals surface area contributed by atoms with Crippen molar-refractivity contribution in [2.75, 3.05) is 23.5 Å². The van der Waals surface area contributed by atoms with E-state index in [1.54, 1.807) is 24.3 Å². The van der Waals surface area contributed by atoms with E-state index in [2.05, 4.69) is 0 Å². The number of carbonyl (C=O) groups is 2. The highest BCUT2D eigenvalue weighted by atomic mass is 32.2. The van der Waals surface area contributed by atoms with Crippen molar-refractivity contribution in [3.63, 3.8) is 0 Å². The monoisotopic (exact) mass is 281 g/mol. The van der Waals surface area contributed by atoms with Gasteiger partial charge in [-0.1, -0.05) is 12.1 Å². The molecule has 1 aromatic rings. The molecule has 19 heavy (non-hydrogen) atoms. The third-order valence-corrected chi connectivity index (χ3v) is 3.99. The molecule has 1 aliphatic rings. The summed E-state index contributed by atoms with van der Waals surface area (Å²) in [4.78, 5) is 25.3. The molecule has 0 unspecified atom stereocenters. The number of ketones is 1. The molecule has 5 nitrogen and oxygen atoms in total. The summed E-state index contributed by atoms with van der Waals surface area (Å²) in [7, 11) is -3.16. The molecule has 0 fully saturated rings. The van der Waals surface area contributed by atoms with Gasteiger partial charge in [-0.25, -0.2) is 8.42 Å². The van der Waals surface area contributed by atoms with Gasteiger partial charge in [-0.05, 0) is 12.1 Å². The summed E-state index contributed by atoms with van der Waals surface area (Å²) in [6.45, 7) is 0.318. The number of hydrogen-bond acceptors (Lipinski definition) is 4. The zero-order valence-corrected chi connectivity index (χ0v) is 11.4. The minimum Gasteiger partial charge on any atom is -0.311 e. The van der Waals surface area contributed by atoms with Crippen LogP contribution in [0.3, 0.4) is 0 Å². The van der Waals surface area contributed by atoms with E-state index < -0.39 is 9.84 Å². The number of benzene rings is 1. The lowest BCUT2D eigenvalue weighted by atomic mass is 10.0. The Balaban J connectivity index is 2.20. The maximum atomic E-state index is 12.1. The number of hydrogen-bond donors (Lipinski definition) is 0. The van der Waals surface area contributed by atoms with E-state index >= 15 is 0 Å². The van der Waals surface area contributed by atoms with Crippen molar-refractivity contribution in [3.05, 3.63) is 29.8 Å². The third-order valence-electron chi connectivity index (χ3n) is 3.05. The standard InChI is InChI=1S/C13H15NO4S/c1-19(17,18)9-7-13(16)14-8-6-12(15)10-4-2-3-5-11(10)14/h2-5H,6-9H2,1H3. The van der Waals surface area contributed by atoms with Crippen molar-refractivity contribution in [3.8, 4) is 0 Å². The van der Waals surface area contributed by atoms with Crippen molar-refractivity contribution in [2.45, 2.75) is 12.8 Å². The molecule has 0 spiro atoms. The zero-order chi connectivity index (χ0) is 14.0. The van der Waals surface area contributed by atoms with Gasteiger partial charge < -0.3 is 4.90 Å². The molecule has 102 valence electrons. The first-order chi connectivity index (χ1) is 8.88. The topological polar surface area (TPSA) is 71.5 Å². The zero-order valence-electron chi connectivity index (χ0n) is 10.6. The predicted octanol–water partition coefficient (Wildman–Crippen LogP) is 1.04. The van der Waals surface area contributed by atoms with Crippen LogP contribution in [-0.2, 0) is 14.6 Å². The van der Waals surface area contributed by atoms with Crippen molar-refractivity contribution in [1.29, 1.82) is 0 Å². The average Bonchev–Trinajstić information content (AvgIpc) is 2.36. The van der Waals surface area contributed by atoms with E-state index in [1.165, 1.54) is 4.90 Å². The van der Waals surface area contributed by atoms with Crippen LogP contribution < -0.4 is 4.90 Å². The summed E-state index contributed by atoms with van der Waals surface area (Å²) in [5.74, 6) is -0.411. The largest absolute Gasteiger partial charge is 0.311 e. The van der Waals surface area contributed by atoms with Gasteiger partial charge in [0, 0.05) is 31.2 Å². The number of fused-ring (bicyclic) bond motifs is 1. The Kier molecular flexibility index (Phi) is 3.71. The summed E-state index contributed by atoms with van der Waals surface area (Å²) in [5, 5.41) is 0. The van der Waals surface area contributed by atoms with E-state index in [-0.39, 0.29) is 30.3 Å². The number of rotatable bonds is 3. The van der Waals surface area contributed by atoms with Crippen LogP contribution in [0.5, 0.6) is 0 Å². The minimum absolute atomic E-state index is 0.0164. The van der Waals surface area contributed by atoms with Gasteiger partial charge in [-0.2, -0.15) is 0 Å². The smallest absolute Gasteiger partial charge is 0.228 e. The third kappa shape index (κ3) is 3.20. The number of sulfone groups is 1. The molecule has 0 saturated heterocycles. The quantitative estimate of drug-likeness (QED) is 0.830. The molecule has 6 heteroatoms. The van der Waals surface area contributed by atoms with Crippen molar-refractivity contribution in [1.82, 2.24) is 0 Å². The summed E-state index contributed by atoms with van der Waals surface area (Å²) >= 11 is 0. The van der Waals surface area contributed by atoms with Crippen LogP contribution in [0.4, 0.5) is 5.69 Å². The highest BCUT2D eigenvalue weighted by molar-refractivity contribution is 7.90. The summed E-state index contributed by atoms with van der Waals surface area (Å²) in [6, 6.07) is 6.91. The van der Waals surface area contributed by atoms with Crippen LogP contribution in [0.2, 0.25) is 0 Å². The fraction of sp³-hybridized carbons (Fsp3) is 0.385. The average molecular weight is 281 g/mol. The number of amides is 1. The van der Waals surface area contributed by atoms with Gasteiger partial charge in [0.2, 0.25) is 5.91 Å². The van der Waals surface area contributed by atoms with E-state index in [4.69, 9.17) is 0 Å². The molecule has 0 aromatic heterocycles. The van der Waals surface area contributed by atoms with Gasteiger partial charge >= 0.3 is 0 Å². The van der Waals surface area contributed by atoms with Crippen LogP contribution >= 0.6 is 0 Å². The number of nitrogens with zero attached hydrogens (tertiary/aromatic N) is 1. The SMILES string of the molecule is CS(=O)(=O)CCC(=O)N1CCC(=O)c2ccccc21. The van der Waals surface area contributed by atoms with Gasteiger partial charge in [-0.15, -0.1) is 0 Å². The van der Waals surface area contributed by atoms with Crippen molar-refractivity contribution < 1.29 is 18.0 Å². The molecule has 1 aliphatic heterocycles. The van der Waals surface area contributed by atoms with Gasteiger partial charge in [0.1, 0.15) is 9.84 Å². The van der Waals surface area contributed by atoms with E-state index in [1.807, 2.05) is 0 Å². The predicted molar refractivity (Wildman–Crippen MR) is 72.1 cm³/mol. The van der Waals surface area contributed by atoms with E-state index in [0.717, 1.165) is 6.26 Å². The molecule has 0 saturated carbocycles. The van der Waals surface area contributed by atoms with Crippen molar-refractivity contribution in [2.24, 2.45) is 0 Å². The fourth-order valence-corrected chi connectivity index (χ4v) is 2.63. The first kappa shape index (κ1) is 13.7. The summed E-state index contributed by atoms with van der Waals surface area (Å²) in [5.41, 5.74) is 1.11. The summed E-state index contributed by atoms with van der Waals surface area (Å²) in [6.07, 6.45) is 1.33. The van der Waals surface area contributed by atoms with Crippen LogP contribution in [0, 0.1) is 0 Å². The second kappa shape index (κ2) is 5.13. The Morgan fingerprint density at radius 3 is 2.68 bits per heavy atom. The first-order valence-corrected chi connectivity index (χ1v) is 8.05. The molecule has 1 heterocycles. The number of anilines is 1. The highest BCUT2D eigenvalue weighted by Crippen LogP contribution is 2.27. The van der Waals surface area contributed by atoms with Crippen LogP contribution in [0.15, 0.2) is 24.3 Å². The Morgan fingerprint density at radius 1 is 1.32 bits per heavy atom. The molecule has 2 rings (SSSR count).